The molecule has 0 spiro atoms. The zero-order valence-electron chi connectivity index (χ0n) is 8.31. The monoisotopic (exact) mass is 194 g/mol. The predicted molar refractivity (Wildman–Crippen MR) is 54.4 cm³/mol. The molecule has 0 aliphatic heterocycles. The van der Waals surface area contributed by atoms with E-state index in [9.17, 15) is 5.11 Å². The summed E-state index contributed by atoms with van der Waals surface area (Å²) in [6.45, 7) is 0. The van der Waals surface area contributed by atoms with E-state index in [1.807, 2.05) is 30.3 Å². The van der Waals surface area contributed by atoms with Crippen LogP contribution in [0.2, 0.25) is 0 Å². The Kier molecular flexibility index (Phi) is 3.83. The van der Waals surface area contributed by atoms with Crippen LogP contribution in [0.4, 0.5) is 0 Å². The highest BCUT2D eigenvalue weighted by Crippen LogP contribution is 2.11. The fourth-order valence-electron chi connectivity index (χ4n) is 0.985. The van der Waals surface area contributed by atoms with Crippen molar-refractivity contribution in [2.45, 2.75) is 5.97 Å². The fourth-order valence-corrected chi connectivity index (χ4v) is 0.985. The Morgan fingerprint density at radius 1 is 1.14 bits per heavy atom. The summed E-state index contributed by atoms with van der Waals surface area (Å²) in [4.78, 5) is 0. The van der Waals surface area contributed by atoms with Crippen molar-refractivity contribution in [1.82, 2.24) is 0 Å². The molecule has 0 saturated carbocycles. The Bertz CT molecular complexity index is 289. The molecule has 0 amide bonds. The molecule has 1 N–H and O–H groups in total. The summed E-state index contributed by atoms with van der Waals surface area (Å²) in [5.41, 5.74) is 0.972. The minimum Gasteiger partial charge on any atom is -0.340 e. The molecule has 0 atom stereocenters. The minimum atomic E-state index is -1.64. The van der Waals surface area contributed by atoms with Gasteiger partial charge in [0.1, 0.15) is 0 Å². The summed E-state index contributed by atoms with van der Waals surface area (Å²) >= 11 is 0. The first-order chi connectivity index (χ1) is 6.70. The molecule has 0 fully saturated rings. The zero-order valence-corrected chi connectivity index (χ0v) is 8.31. The molecule has 1 aromatic carbocycles. The molecule has 14 heavy (non-hydrogen) atoms. The maximum atomic E-state index is 9.56. The number of hydrogen-bond acceptors (Lipinski definition) is 3. The van der Waals surface area contributed by atoms with Gasteiger partial charge in [-0.3, -0.25) is 0 Å². The van der Waals surface area contributed by atoms with Crippen molar-refractivity contribution in [2.75, 3.05) is 14.2 Å². The van der Waals surface area contributed by atoms with Crippen molar-refractivity contribution in [3.8, 4) is 0 Å². The standard InChI is InChI=1S/C11H14O3/c1-13-11(12,14-2)9-8-10-6-4-3-5-7-10/h3-9,12H,1-2H3/b9-8-. The molecule has 0 radical (unpaired) electrons. The molecule has 0 aliphatic rings. The van der Waals surface area contributed by atoms with Crippen molar-refractivity contribution in [3.63, 3.8) is 0 Å². The van der Waals surface area contributed by atoms with Crippen LogP contribution in [-0.2, 0) is 9.47 Å². The predicted octanol–water partition coefficient (Wildman–Crippen LogP) is 1.64. The lowest BCUT2D eigenvalue weighted by atomic mass is 10.2. The van der Waals surface area contributed by atoms with Crippen molar-refractivity contribution >= 4 is 6.08 Å². The zero-order chi connectivity index (χ0) is 10.4. The molecule has 0 saturated heterocycles. The van der Waals surface area contributed by atoms with Gasteiger partial charge in [0.25, 0.3) is 0 Å². The van der Waals surface area contributed by atoms with Gasteiger partial charge in [-0.1, -0.05) is 36.4 Å². The van der Waals surface area contributed by atoms with Gasteiger partial charge in [0.15, 0.2) is 0 Å². The third-order valence-electron chi connectivity index (χ3n) is 1.87. The molecule has 0 unspecified atom stereocenters. The normalized spacial score (nSPS) is 12.2. The molecule has 1 aromatic rings. The highest BCUT2D eigenvalue weighted by Gasteiger charge is 2.20. The molecule has 1 rings (SSSR count). The van der Waals surface area contributed by atoms with Crippen LogP contribution in [0.15, 0.2) is 36.4 Å². The smallest absolute Gasteiger partial charge is 0.301 e. The lowest BCUT2D eigenvalue weighted by molar-refractivity contribution is -0.304. The van der Waals surface area contributed by atoms with E-state index in [4.69, 9.17) is 9.47 Å². The number of aliphatic hydroxyl groups is 1. The topological polar surface area (TPSA) is 38.7 Å². The van der Waals surface area contributed by atoms with Crippen LogP contribution >= 0.6 is 0 Å². The lowest BCUT2D eigenvalue weighted by Gasteiger charge is -2.19. The van der Waals surface area contributed by atoms with Crippen molar-refractivity contribution < 1.29 is 14.6 Å². The highest BCUT2D eigenvalue weighted by molar-refractivity contribution is 5.49. The van der Waals surface area contributed by atoms with Crippen molar-refractivity contribution in [3.05, 3.63) is 42.0 Å². The van der Waals surface area contributed by atoms with E-state index in [0.717, 1.165) is 5.56 Å². The molecule has 3 nitrogen and oxygen atoms in total. The van der Waals surface area contributed by atoms with E-state index in [-0.39, 0.29) is 0 Å². The first-order valence-electron chi connectivity index (χ1n) is 4.27. The second-order valence-corrected chi connectivity index (χ2v) is 2.78. The van der Waals surface area contributed by atoms with Gasteiger partial charge in [0.2, 0.25) is 0 Å². The Labute approximate surface area is 83.6 Å². The van der Waals surface area contributed by atoms with E-state index < -0.39 is 5.97 Å². The van der Waals surface area contributed by atoms with Gasteiger partial charge in [-0.2, -0.15) is 0 Å². The summed E-state index contributed by atoms with van der Waals surface area (Å²) in [6.07, 6.45) is 3.18. The third kappa shape index (κ3) is 2.96. The van der Waals surface area contributed by atoms with Crippen molar-refractivity contribution in [1.29, 1.82) is 0 Å². The highest BCUT2D eigenvalue weighted by atomic mass is 16.8. The van der Waals surface area contributed by atoms with Crippen LogP contribution in [0.5, 0.6) is 0 Å². The van der Waals surface area contributed by atoms with Gasteiger partial charge < -0.3 is 14.6 Å². The van der Waals surface area contributed by atoms with Crippen LogP contribution in [0, 0.1) is 0 Å². The van der Waals surface area contributed by atoms with Gasteiger partial charge in [-0.15, -0.1) is 0 Å². The number of hydrogen-bond donors (Lipinski definition) is 1. The van der Waals surface area contributed by atoms with Gasteiger partial charge in [0.05, 0.1) is 0 Å². The van der Waals surface area contributed by atoms with Gasteiger partial charge in [-0.25, -0.2) is 0 Å². The first kappa shape index (κ1) is 10.9. The van der Waals surface area contributed by atoms with E-state index in [2.05, 4.69) is 0 Å². The lowest BCUT2D eigenvalue weighted by Crippen LogP contribution is -2.30. The molecule has 3 heteroatoms. The Morgan fingerprint density at radius 3 is 2.21 bits per heavy atom. The molecule has 76 valence electrons. The Balaban J connectivity index is 2.72. The Morgan fingerprint density at radius 2 is 1.71 bits per heavy atom. The third-order valence-corrected chi connectivity index (χ3v) is 1.87. The van der Waals surface area contributed by atoms with E-state index >= 15 is 0 Å². The summed E-state index contributed by atoms with van der Waals surface area (Å²) in [6, 6.07) is 9.59. The summed E-state index contributed by atoms with van der Waals surface area (Å²) in [5.74, 6) is -1.64. The van der Waals surface area contributed by atoms with Gasteiger partial charge >= 0.3 is 5.97 Å². The molecule has 0 bridgehead atoms. The molecular formula is C11H14O3. The van der Waals surface area contributed by atoms with E-state index in [1.165, 1.54) is 20.3 Å². The molecular weight excluding hydrogens is 180 g/mol. The van der Waals surface area contributed by atoms with Crippen LogP contribution in [-0.4, -0.2) is 25.3 Å². The maximum Gasteiger partial charge on any atom is 0.301 e. The van der Waals surface area contributed by atoms with Gasteiger partial charge in [0, 0.05) is 20.3 Å². The summed E-state index contributed by atoms with van der Waals surface area (Å²) in [5, 5.41) is 9.56. The van der Waals surface area contributed by atoms with Gasteiger partial charge in [-0.05, 0) is 5.56 Å². The van der Waals surface area contributed by atoms with Crippen molar-refractivity contribution in [2.24, 2.45) is 0 Å². The number of methoxy groups -OCH3 is 2. The summed E-state index contributed by atoms with van der Waals surface area (Å²) in [7, 11) is 2.75. The molecule has 0 aliphatic carbocycles. The Hall–Kier alpha value is -1.16. The average molecular weight is 194 g/mol. The second-order valence-electron chi connectivity index (χ2n) is 2.78. The quantitative estimate of drug-likeness (QED) is 0.740. The number of ether oxygens (including phenoxy) is 2. The van der Waals surface area contributed by atoms with E-state index in [0.29, 0.717) is 0 Å². The maximum absolute atomic E-state index is 9.56. The molecule has 0 heterocycles. The molecule has 0 aromatic heterocycles. The summed E-state index contributed by atoms with van der Waals surface area (Å²) < 4.78 is 9.51. The minimum absolute atomic E-state index is 0.972. The number of rotatable bonds is 4. The van der Waals surface area contributed by atoms with Crippen LogP contribution in [0.1, 0.15) is 5.56 Å². The largest absolute Gasteiger partial charge is 0.340 e. The van der Waals surface area contributed by atoms with Crippen LogP contribution in [0.3, 0.4) is 0 Å². The average Bonchev–Trinajstić information content (AvgIpc) is 2.27. The van der Waals surface area contributed by atoms with Crippen LogP contribution in [0.25, 0.3) is 6.08 Å². The second kappa shape index (κ2) is 4.91. The fraction of sp³-hybridized carbons (Fsp3) is 0.273. The SMILES string of the molecule is COC(O)(/C=C\c1ccccc1)OC. The van der Waals surface area contributed by atoms with E-state index in [1.54, 1.807) is 6.08 Å². The van der Waals surface area contributed by atoms with Crippen LogP contribution < -0.4 is 0 Å². The first-order valence-corrected chi connectivity index (χ1v) is 4.27. The number of benzene rings is 1.